The molecule has 1 heterocycles. The number of anilines is 1. The van der Waals surface area contributed by atoms with Crippen LogP contribution in [0.25, 0.3) is 0 Å². The average molecular weight is 219 g/mol. The predicted octanol–water partition coefficient (Wildman–Crippen LogP) is 2.98. The normalized spacial score (nSPS) is 15.5. The maximum Gasteiger partial charge on any atom is 0.134 e. The van der Waals surface area contributed by atoms with Crippen LogP contribution < -0.4 is 5.32 Å². The summed E-state index contributed by atoms with van der Waals surface area (Å²) < 4.78 is 0. The van der Waals surface area contributed by atoms with Gasteiger partial charge in [0, 0.05) is 24.2 Å². The number of nitrogens with zero attached hydrogens (tertiary/aromatic N) is 2. The minimum absolute atomic E-state index is 0.629. The number of rotatable bonds is 5. The highest BCUT2D eigenvalue weighted by molar-refractivity contribution is 5.37. The van der Waals surface area contributed by atoms with Crippen molar-refractivity contribution in [3.8, 4) is 0 Å². The van der Waals surface area contributed by atoms with Crippen LogP contribution in [0.5, 0.6) is 0 Å². The fourth-order valence-electron chi connectivity index (χ4n) is 1.84. The van der Waals surface area contributed by atoms with Crippen molar-refractivity contribution < 1.29 is 0 Å². The van der Waals surface area contributed by atoms with Gasteiger partial charge >= 0.3 is 0 Å². The smallest absolute Gasteiger partial charge is 0.134 e. The van der Waals surface area contributed by atoms with E-state index in [1.54, 1.807) is 0 Å². The minimum atomic E-state index is 0.629. The third kappa shape index (κ3) is 2.94. The third-order valence-corrected chi connectivity index (χ3v) is 2.71. The zero-order valence-corrected chi connectivity index (χ0v) is 10.5. The molecule has 0 atom stereocenters. The number of hydrogen-bond donors (Lipinski definition) is 1. The van der Waals surface area contributed by atoms with Crippen LogP contribution in [-0.4, -0.2) is 16.5 Å². The number of aromatic nitrogens is 2. The Morgan fingerprint density at radius 1 is 1.38 bits per heavy atom. The lowest BCUT2D eigenvalue weighted by Crippen LogP contribution is -2.07. The van der Waals surface area contributed by atoms with Crippen molar-refractivity contribution in [3.05, 3.63) is 17.6 Å². The Labute approximate surface area is 97.7 Å². The van der Waals surface area contributed by atoms with Crippen LogP contribution in [0.3, 0.4) is 0 Å². The molecule has 0 saturated heterocycles. The molecule has 0 aliphatic heterocycles. The molecular formula is C13H21N3. The summed E-state index contributed by atoms with van der Waals surface area (Å²) in [6.45, 7) is 7.47. The van der Waals surface area contributed by atoms with Gasteiger partial charge in [-0.2, -0.15) is 0 Å². The summed E-state index contributed by atoms with van der Waals surface area (Å²) >= 11 is 0. The quantitative estimate of drug-likeness (QED) is 0.827. The maximum absolute atomic E-state index is 4.67. The molecule has 0 unspecified atom stereocenters. The van der Waals surface area contributed by atoms with Gasteiger partial charge in [-0.15, -0.1) is 0 Å². The van der Waals surface area contributed by atoms with Crippen molar-refractivity contribution in [3.63, 3.8) is 0 Å². The molecule has 1 saturated carbocycles. The van der Waals surface area contributed by atoms with Gasteiger partial charge in [0.15, 0.2) is 0 Å². The molecule has 0 spiro atoms. The summed E-state index contributed by atoms with van der Waals surface area (Å²) in [7, 11) is 0. The van der Waals surface area contributed by atoms with Gasteiger partial charge in [-0.25, -0.2) is 9.97 Å². The van der Waals surface area contributed by atoms with E-state index in [4.69, 9.17) is 0 Å². The first-order valence-corrected chi connectivity index (χ1v) is 6.30. The van der Waals surface area contributed by atoms with E-state index in [1.165, 1.54) is 18.5 Å². The second-order valence-electron chi connectivity index (χ2n) is 5.01. The predicted molar refractivity (Wildman–Crippen MR) is 66.7 cm³/mol. The van der Waals surface area contributed by atoms with Gasteiger partial charge in [-0.3, -0.25) is 0 Å². The van der Waals surface area contributed by atoms with Gasteiger partial charge in [0.25, 0.3) is 0 Å². The highest BCUT2D eigenvalue weighted by Gasteiger charge is 2.27. The molecule has 3 heteroatoms. The van der Waals surface area contributed by atoms with E-state index in [0.717, 1.165) is 24.6 Å². The topological polar surface area (TPSA) is 37.8 Å². The summed E-state index contributed by atoms with van der Waals surface area (Å²) in [4.78, 5) is 9.24. The molecule has 1 N–H and O–H groups in total. The van der Waals surface area contributed by atoms with E-state index in [2.05, 4.69) is 42.1 Å². The molecule has 0 radical (unpaired) electrons. The SMILES string of the molecule is CCNc1cc(CC(C)C)nc(C2CC2)n1. The first-order valence-electron chi connectivity index (χ1n) is 6.30. The fraction of sp³-hybridized carbons (Fsp3) is 0.692. The van der Waals surface area contributed by atoms with Gasteiger partial charge in [0.2, 0.25) is 0 Å². The van der Waals surface area contributed by atoms with Crippen molar-refractivity contribution in [1.29, 1.82) is 0 Å². The van der Waals surface area contributed by atoms with Crippen molar-refractivity contribution in [2.75, 3.05) is 11.9 Å². The lowest BCUT2D eigenvalue weighted by Gasteiger charge is -2.09. The number of hydrogen-bond acceptors (Lipinski definition) is 3. The first kappa shape index (κ1) is 11.4. The molecule has 0 aromatic carbocycles. The Balaban J connectivity index is 2.21. The van der Waals surface area contributed by atoms with Crippen LogP contribution in [0, 0.1) is 5.92 Å². The van der Waals surface area contributed by atoms with Crippen LogP contribution in [0.1, 0.15) is 51.0 Å². The molecular weight excluding hydrogens is 198 g/mol. The summed E-state index contributed by atoms with van der Waals surface area (Å²) in [6.07, 6.45) is 3.56. The van der Waals surface area contributed by atoms with Crippen molar-refractivity contribution in [1.82, 2.24) is 9.97 Å². The lowest BCUT2D eigenvalue weighted by atomic mass is 10.1. The van der Waals surface area contributed by atoms with E-state index in [-0.39, 0.29) is 0 Å². The molecule has 3 nitrogen and oxygen atoms in total. The fourth-order valence-corrected chi connectivity index (χ4v) is 1.84. The molecule has 0 amide bonds. The maximum atomic E-state index is 4.67. The molecule has 1 fully saturated rings. The Morgan fingerprint density at radius 3 is 2.69 bits per heavy atom. The van der Waals surface area contributed by atoms with Crippen LogP contribution in [0.15, 0.2) is 6.07 Å². The molecule has 1 aliphatic rings. The van der Waals surface area contributed by atoms with Gasteiger partial charge in [0.1, 0.15) is 11.6 Å². The summed E-state index contributed by atoms with van der Waals surface area (Å²) in [5.41, 5.74) is 1.18. The van der Waals surface area contributed by atoms with Crippen molar-refractivity contribution in [2.24, 2.45) is 5.92 Å². The van der Waals surface area contributed by atoms with E-state index in [1.807, 2.05) is 0 Å². The molecule has 2 rings (SSSR count). The lowest BCUT2D eigenvalue weighted by molar-refractivity contribution is 0.630. The average Bonchev–Trinajstić information content (AvgIpc) is 2.99. The highest BCUT2D eigenvalue weighted by atomic mass is 15.0. The summed E-state index contributed by atoms with van der Waals surface area (Å²) in [6, 6.07) is 2.09. The van der Waals surface area contributed by atoms with Gasteiger partial charge in [-0.05, 0) is 32.1 Å². The van der Waals surface area contributed by atoms with Crippen molar-refractivity contribution in [2.45, 2.75) is 46.0 Å². The molecule has 88 valence electrons. The summed E-state index contributed by atoms with van der Waals surface area (Å²) in [5, 5.41) is 3.29. The zero-order valence-electron chi connectivity index (χ0n) is 10.5. The molecule has 16 heavy (non-hydrogen) atoms. The Kier molecular flexibility index (Phi) is 3.42. The van der Waals surface area contributed by atoms with E-state index in [0.29, 0.717) is 11.8 Å². The van der Waals surface area contributed by atoms with Crippen LogP contribution >= 0.6 is 0 Å². The molecule has 1 aromatic rings. The summed E-state index contributed by atoms with van der Waals surface area (Å²) in [5.74, 6) is 3.32. The highest BCUT2D eigenvalue weighted by Crippen LogP contribution is 2.38. The third-order valence-electron chi connectivity index (χ3n) is 2.71. The van der Waals surface area contributed by atoms with Crippen LogP contribution in [-0.2, 0) is 6.42 Å². The Bertz CT molecular complexity index is 356. The standard InChI is InChI=1S/C13H21N3/c1-4-14-12-8-11(7-9(2)3)15-13(16-12)10-5-6-10/h8-10H,4-7H2,1-3H3,(H,14,15,16). The first-order chi connectivity index (χ1) is 7.69. The molecule has 1 aliphatic carbocycles. The largest absolute Gasteiger partial charge is 0.370 e. The second kappa shape index (κ2) is 4.81. The molecule has 0 bridgehead atoms. The van der Waals surface area contributed by atoms with Gasteiger partial charge < -0.3 is 5.32 Å². The monoisotopic (exact) mass is 219 g/mol. The Hall–Kier alpha value is -1.12. The zero-order chi connectivity index (χ0) is 11.5. The number of nitrogens with one attached hydrogen (secondary N) is 1. The van der Waals surface area contributed by atoms with Crippen molar-refractivity contribution >= 4 is 5.82 Å². The van der Waals surface area contributed by atoms with E-state index in [9.17, 15) is 0 Å². The van der Waals surface area contributed by atoms with Gasteiger partial charge in [-0.1, -0.05) is 13.8 Å². The minimum Gasteiger partial charge on any atom is -0.370 e. The van der Waals surface area contributed by atoms with Gasteiger partial charge in [0.05, 0.1) is 0 Å². The van der Waals surface area contributed by atoms with Crippen LogP contribution in [0.4, 0.5) is 5.82 Å². The molecule has 1 aromatic heterocycles. The van der Waals surface area contributed by atoms with E-state index >= 15 is 0 Å². The Morgan fingerprint density at radius 2 is 2.12 bits per heavy atom. The van der Waals surface area contributed by atoms with E-state index < -0.39 is 0 Å². The second-order valence-corrected chi connectivity index (χ2v) is 5.01. The van der Waals surface area contributed by atoms with Crippen LogP contribution in [0.2, 0.25) is 0 Å².